The molecule has 23 heavy (non-hydrogen) atoms. The number of anilines is 1. The van der Waals surface area contributed by atoms with E-state index in [1.807, 2.05) is 7.05 Å². The van der Waals surface area contributed by atoms with Crippen molar-refractivity contribution in [3.63, 3.8) is 0 Å². The molecule has 0 bridgehead atoms. The van der Waals surface area contributed by atoms with Gasteiger partial charge in [-0.15, -0.1) is 0 Å². The molecule has 0 fully saturated rings. The van der Waals surface area contributed by atoms with Gasteiger partial charge < -0.3 is 9.64 Å². The number of aromatic nitrogens is 2. The maximum Gasteiger partial charge on any atom is 0.352 e. The highest BCUT2D eigenvalue weighted by Gasteiger charge is 2.31. The zero-order chi connectivity index (χ0) is 16.6. The highest BCUT2D eigenvalue weighted by molar-refractivity contribution is 5.45. The summed E-state index contributed by atoms with van der Waals surface area (Å²) in [6, 6.07) is 7.94. The number of halogens is 1. The van der Waals surface area contributed by atoms with Gasteiger partial charge in [0.05, 0.1) is 0 Å². The predicted octanol–water partition coefficient (Wildman–Crippen LogP) is 2.58. The molecule has 0 radical (unpaired) electrons. The molecule has 0 saturated carbocycles. The van der Waals surface area contributed by atoms with E-state index in [1.165, 1.54) is 12.1 Å². The van der Waals surface area contributed by atoms with Crippen molar-refractivity contribution in [1.29, 1.82) is 0 Å². The first kappa shape index (κ1) is 15.5. The van der Waals surface area contributed by atoms with E-state index in [2.05, 4.69) is 23.7 Å². The van der Waals surface area contributed by atoms with Gasteiger partial charge in [0.15, 0.2) is 0 Å². The molecule has 0 atom stereocenters. The smallest absolute Gasteiger partial charge is 0.352 e. The first-order chi connectivity index (χ1) is 10.9. The topological polar surface area (TPSA) is 47.4 Å². The van der Waals surface area contributed by atoms with Crippen molar-refractivity contribution >= 4 is 5.82 Å². The second-order valence-corrected chi connectivity index (χ2v) is 6.43. The first-order valence-corrected chi connectivity index (χ1v) is 7.60. The van der Waals surface area contributed by atoms with Crippen LogP contribution in [0.4, 0.5) is 10.2 Å². The quantitative estimate of drug-likeness (QED) is 0.873. The van der Waals surface area contributed by atoms with Gasteiger partial charge >= 0.3 is 5.69 Å². The number of hydrogen-bond donors (Lipinski definition) is 0. The number of nitrogens with zero attached hydrogens (tertiary/aromatic N) is 3. The van der Waals surface area contributed by atoms with Gasteiger partial charge in [-0.25, -0.2) is 9.18 Å². The highest BCUT2D eigenvalue weighted by atomic mass is 19.1. The Balaban J connectivity index is 1.86. The number of ether oxygens (including phenoxy) is 1. The average molecular weight is 317 g/mol. The van der Waals surface area contributed by atoms with E-state index in [0.29, 0.717) is 12.1 Å². The van der Waals surface area contributed by atoms with Crippen LogP contribution >= 0.6 is 0 Å². The summed E-state index contributed by atoms with van der Waals surface area (Å²) in [7, 11) is 1.96. The van der Waals surface area contributed by atoms with Crippen LogP contribution in [0.15, 0.2) is 35.1 Å². The molecule has 0 aliphatic carbocycles. The van der Waals surface area contributed by atoms with Crippen LogP contribution in [0.5, 0.6) is 5.88 Å². The van der Waals surface area contributed by atoms with Crippen LogP contribution in [-0.2, 0) is 13.2 Å². The molecule has 3 rings (SSSR count). The van der Waals surface area contributed by atoms with Crippen LogP contribution in [-0.4, -0.2) is 22.1 Å². The fourth-order valence-corrected chi connectivity index (χ4v) is 2.68. The highest BCUT2D eigenvalue weighted by Crippen LogP contribution is 2.31. The Morgan fingerprint density at radius 3 is 2.87 bits per heavy atom. The van der Waals surface area contributed by atoms with E-state index < -0.39 is 0 Å². The minimum atomic E-state index is -0.320. The van der Waals surface area contributed by atoms with Crippen molar-refractivity contribution in [2.75, 3.05) is 11.9 Å². The lowest BCUT2D eigenvalue weighted by Gasteiger charge is -2.42. The molecule has 6 heteroatoms. The lowest BCUT2D eigenvalue weighted by Crippen LogP contribution is -2.49. The van der Waals surface area contributed by atoms with Gasteiger partial charge in [-0.05, 0) is 38.0 Å². The standard InChI is InChI=1S/C17H20FN3O2/c1-17(2)7-8-21-15(20(17)3)10-14(19-16(21)22)23-11-12-5-4-6-13(18)9-12/h4-6,9-10H,7-8,11H2,1-3H3. The Kier molecular flexibility index (Phi) is 3.83. The molecule has 0 spiro atoms. The molecule has 0 saturated heterocycles. The normalized spacial score (nSPS) is 16.1. The van der Waals surface area contributed by atoms with Crippen molar-refractivity contribution in [2.24, 2.45) is 0 Å². The van der Waals surface area contributed by atoms with Gasteiger partial charge in [-0.2, -0.15) is 4.98 Å². The minimum absolute atomic E-state index is 0.0341. The predicted molar refractivity (Wildman–Crippen MR) is 86.3 cm³/mol. The third kappa shape index (κ3) is 3.06. The van der Waals surface area contributed by atoms with Gasteiger partial charge in [0.2, 0.25) is 5.88 Å². The fraction of sp³-hybridized carbons (Fsp3) is 0.412. The Morgan fingerprint density at radius 1 is 1.35 bits per heavy atom. The van der Waals surface area contributed by atoms with E-state index in [1.54, 1.807) is 22.8 Å². The maximum atomic E-state index is 13.2. The van der Waals surface area contributed by atoms with Crippen molar-refractivity contribution in [2.45, 2.75) is 39.0 Å². The molecule has 1 aromatic carbocycles. The van der Waals surface area contributed by atoms with Gasteiger partial charge in [0, 0.05) is 25.2 Å². The molecular weight excluding hydrogens is 297 g/mol. The van der Waals surface area contributed by atoms with E-state index in [0.717, 1.165) is 12.2 Å². The zero-order valence-electron chi connectivity index (χ0n) is 13.5. The minimum Gasteiger partial charge on any atom is -0.473 e. The van der Waals surface area contributed by atoms with Crippen LogP contribution < -0.4 is 15.3 Å². The van der Waals surface area contributed by atoms with Crippen molar-refractivity contribution < 1.29 is 9.13 Å². The summed E-state index contributed by atoms with van der Waals surface area (Å²) in [5, 5.41) is 0. The van der Waals surface area contributed by atoms with Crippen LogP contribution in [0.25, 0.3) is 0 Å². The summed E-state index contributed by atoms with van der Waals surface area (Å²) < 4.78 is 20.4. The van der Waals surface area contributed by atoms with E-state index in [-0.39, 0.29) is 29.5 Å². The number of hydrogen-bond acceptors (Lipinski definition) is 4. The van der Waals surface area contributed by atoms with Gasteiger partial charge in [0.25, 0.3) is 0 Å². The average Bonchev–Trinajstić information content (AvgIpc) is 2.49. The Morgan fingerprint density at radius 2 is 2.13 bits per heavy atom. The fourth-order valence-electron chi connectivity index (χ4n) is 2.68. The van der Waals surface area contributed by atoms with Gasteiger partial charge in [-0.3, -0.25) is 4.57 Å². The summed E-state index contributed by atoms with van der Waals surface area (Å²) >= 11 is 0. The maximum absolute atomic E-state index is 13.2. The third-order valence-electron chi connectivity index (χ3n) is 4.44. The van der Waals surface area contributed by atoms with E-state index >= 15 is 0 Å². The van der Waals surface area contributed by atoms with E-state index in [9.17, 15) is 9.18 Å². The van der Waals surface area contributed by atoms with E-state index in [4.69, 9.17) is 4.74 Å². The van der Waals surface area contributed by atoms with Crippen molar-refractivity contribution in [1.82, 2.24) is 9.55 Å². The van der Waals surface area contributed by atoms with Crippen molar-refractivity contribution in [3.8, 4) is 5.88 Å². The van der Waals surface area contributed by atoms with Crippen LogP contribution in [0.1, 0.15) is 25.8 Å². The third-order valence-corrected chi connectivity index (χ3v) is 4.44. The molecule has 122 valence electrons. The molecule has 1 aliphatic rings. The molecule has 1 aromatic heterocycles. The van der Waals surface area contributed by atoms with Crippen LogP contribution in [0, 0.1) is 5.82 Å². The first-order valence-electron chi connectivity index (χ1n) is 7.60. The zero-order valence-corrected chi connectivity index (χ0v) is 13.5. The number of fused-ring (bicyclic) bond motifs is 1. The summed E-state index contributed by atoms with van der Waals surface area (Å²) in [6.07, 6.45) is 0.877. The Labute approximate surface area is 134 Å². The Hall–Kier alpha value is -2.37. The molecule has 0 unspecified atom stereocenters. The SMILES string of the molecule is CN1c2cc(OCc3cccc(F)c3)nc(=O)n2CCC1(C)C. The molecular formula is C17H20FN3O2. The number of benzene rings is 1. The van der Waals surface area contributed by atoms with Gasteiger partial charge in [0.1, 0.15) is 18.2 Å². The second-order valence-electron chi connectivity index (χ2n) is 6.43. The lowest BCUT2D eigenvalue weighted by atomic mass is 9.96. The van der Waals surface area contributed by atoms with Crippen LogP contribution in [0.3, 0.4) is 0 Å². The largest absolute Gasteiger partial charge is 0.473 e. The monoisotopic (exact) mass is 317 g/mol. The Bertz CT molecular complexity index is 786. The molecule has 2 heterocycles. The van der Waals surface area contributed by atoms with Crippen LogP contribution in [0.2, 0.25) is 0 Å². The summed E-state index contributed by atoms with van der Waals surface area (Å²) in [5.74, 6) is 0.733. The van der Waals surface area contributed by atoms with Crippen molar-refractivity contribution in [3.05, 3.63) is 52.2 Å². The summed E-state index contributed by atoms with van der Waals surface area (Å²) in [6.45, 7) is 5.08. The molecule has 5 nitrogen and oxygen atoms in total. The molecule has 0 amide bonds. The lowest BCUT2D eigenvalue weighted by molar-refractivity contribution is 0.287. The molecule has 2 aromatic rings. The molecule has 0 N–H and O–H groups in total. The van der Waals surface area contributed by atoms with Gasteiger partial charge in [-0.1, -0.05) is 12.1 Å². The second kappa shape index (κ2) is 5.68. The summed E-state index contributed by atoms with van der Waals surface area (Å²) in [5.41, 5.74) is 0.338. The molecule has 1 aliphatic heterocycles. The number of rotatable bonds is 3. The summed E-state index contributed by atoms with van der Waals surface area (Å²) in [4.78, 5) is 18.2.